The lowest BCUT2D eigenvalue weighted by atomic mass is 10.2. The highest BCUT2D eigenvalue weighted by molar-refractivity contribution is 5.94. The Hall–Kier alpha value is -3.02. The van der Waals surface area contributed by atoms with Gasteiger partial charge in [0.05, 0.1) is 6.54 Å². The molecule has 3 rings (SSSR count). The zero-order valence-corrected chi connectivity index (χ0v) is 17.3. The molecule has 1 saturated heterocycles. The number of guanidine groups is 1. The van der Waals surface area contributed by atoms with Crippen LogP contribution >= 0.6 is 0 Å². The molecule has 1 fully saturated rings. The van der Waals surface area contributed by atoms with E-state index in [1.54, 1.807) is 0 Å². The molecule has 154 valence electrons. The molecule has 0 spiro atoms. The summed E-state index contributed by atoms with van der Waals surface area (Å²) in [5.41, 5.74) is 3.22. The number of anilines is 1. The molecule has 0 saturated carbocycles. The number of carbonyl (C=O) groups is 1. The zero-order valence-electron chi connectivity index (χ0n) is 17.3. The quantitative estimate of drug-likeness (QED) is 0.384. The monoisotopic (exact) mass is 393 g/mol. The van der Waals surface area contributed by atoms with Crippen molar-refractivity contribution < 1.29 is 4.79 Å². The van der Waals surface area contributed by atoms with E-state index < -0.39 is 0 Å². The fourth-order valence-electron chi connectivity index (χ4n) is 3.41. The number of nitrogens with one attached hydrogen (secondary N) is 3. The predicted molar refractivity (Wildman–Crippen MR) is 120 cm³/mol. The van der Waals surface area contributed by atoms with Crippen LogP contribution in [-0.4, -0.2) is 50.6 Å². The van der Waals surface area contributed by atoms with Crippen LogP contribution in [0.2, 0.25) is 0 Å². The van der Waals surface area contributed by atoms with E-state index in [4.69, 9.17) is 0 Å². The summed E-state index contributed by atoms with van der Waals surface area (Å²) in [6.07, 6.45) is 1.07. The first-order chi connectivity index (χ1) is 14.2. The molecule has 6 nitrogen and oxygen atoms in total. The maximum Gasteiger partial charge on any atom is 0.251 e. The molecule has 1 unspecified atom stereocenters. The summed E-state index contributed by atoms with van der Waals surface area (Å²) >= 11 is 0. The molecule has 1 aliphatic rings. The van der Waals surface area contributed by atoms with Crippen LogP contribution < -0.4 is 20.9 Å². The molecule has 1 atom stereocenters. The Labute approximate surface area is 173 Å². The Morgan fingerprint density at radius 1 is 1.10 bits per heavy atom. The molecule has 3 N–H and O–H groups in total. The summed E-state index contributed by atoms with van der Waals surface area (Å²) in [4.78, 5) is 19.1. The van der Waals surface area contributed by atoms with Gasteiger partial charge in [-0.15, -0.1) is 0 Å². The number of hydrogen-bond acceptors (Lipinski definition) is 3. The minimum absolute atomic E-state index is 0.0664. The van der Waals surface area contributed by atoms with Gasteiger partial charge in [0, 0.05) is 43.5 Å². The molecule has 29 heavy (non-hydrogen) atoms. The Balaban J connectivity index is 1.46. The van der Waals surface area contributed by atoms with Gasteiger partial charge >= 0.3 is 0 Å². The minimum atomic E-state index is -0.0664. The average Bonchev–Trinajstić information content (AvgIpc) is 3.20. The van der Waals surface area contributed by atoms with Crippen molar-refractivity contribution in [2.45, 2.75) is 26.3 Å². The van der Waals surface area contributed by atoms with E-state index in [1.165, 1.54) is 11.3 Å². The summed E-state index contributed by atoms with van der Waals surface area (Å²) < 4.78 is 0. The van der Waals surface area contributed by atoms with Crippen molar-refractivity contribution >= 4 is 17.6 Å². The van der Waals surface area contributed by atoms with Crippen LogP contribution in [0.25, 0.3) is 0 Å². The number of amides is 1. The maximum atomic E-state index is 12.1. The third kappa shape index (κ3) is 6.24. The molecule has 1 heterocycles. The average molecular weight is 394 g/mol. The third-order valence-electron chi connectivity index (χ3n) is 4.98. The molecule has 0 radical (unpaired) electrons. The maximum absolute atomic E-state index is 12.1. The van der Waals surface area contributed by atoms with Gasteiger partial charge < -0.3 is 20.9 Å². The molecule has 1 aliphatic heterocycles. The highest BCUT2D eigenvalue weighted by atomic mass is 16.1. The molecule has 2 aromatic rings. The van der Waals surface area contributed by atoms with Crippen LogP contribution in [-0.2, 0) is 0 Å². The zero-order chi connectivity index (χ0) is 20.5. The molecule has 2 aromatic carbocycles. The second-order valence-electron chi connectivity index (χ2n) is 7.29. The van der Waals surface area contributed by atoms with Crippen LogP contribution in [0.1, 0.15) is 29.3 Å². The van der Waals surface area contributed by atoms with Crippen molar-refractivity contribution in [3.8, 4) is 0 Å². The summed E-state index contributed by atoms with van der Waals surface area (Å²) in [6, 6.07) is 18.3. The van der Waals surface area contributed by atoms with Crippen molar-refractivity contribution in [3.05, 3.63) is 65.7 Å². The van der Waals surface area contributed by atoms with Crippen molar-refractivity contribution in [3.63, 3.8) is 0 Å². The molecule has 0 aromatic heterocycles. The van der Waals surface area contributed by atoms with Crippen LogP contribution in [0.15, 0.2) is 59.6 Å². The van der Waals surface area contributed by atoms with Crippen LogP contribution in [0.3, 0.4) is 0 Å². The summed E-state index contributed by atoms with van der Waals surface area (Å²) in [7, 11) is 0. The fourth-order valence-corrected chi connectivity index (χ4v) is 3.41. The van der Waals surface area contributed by atoms with Gasteiger partial charge in [-0.05, 0) is 44.5 Å². The lowest BCUT2D eigenvalue weighted by Crippen LogP contribution is -2.45. The van der Waals surface area contributed by atoms with E-state index in [9.17, 15) is 4.79 Å². The largest absolute Gasteiger partial charge is 0.369 e. The molecular weight excluding hydrogens is 362 g/mol. The highest BCUT2D eigenvalue weighted by Gasteiger charge is 2.23. The number of aryl methyl sites for hydroxylation is 1. The number of aliphatic imine (C=N–C) groups is 1. The van der Waals surface area contributed by atoms with Crippen LogP contribution in [0, 0.1) is 6.92 Å². The van der Waals surface area contributed by atoms with E-state index in [2.05, 4.69) is 64.0 Å². The Kier molecular flexibility index (Phi) is 7.50. The molecule has 1 amide bonds. The van der Waals surface area contributed by atoms with Gasteiger partial charge in [-0.25, -0.2) is 0 Å². The number of carbonyl (C=O) groups excluding carboxylic acids is 1. The van der Waals surface area contributed by atoms with E-state index in [0.29, 0.717) is 24.7 Å². The summed E-state index contributed by atoms with van der Waals surface area (Å²) in [6.45, 7) is 8.00. The number of nitrogens with zero attached hydrogens (tertiary/aromatic N) is 2. The molecule has 6 heteroatoms. The number of hydrogen-bond donors (Lipinski definition) is 3. The number of rotatable bonds is 7. The molecular formula is C23H31N5O. The Morgan fingerprint density at radius 3 is 2.59 bits per heavy atom. The van der Waals surface area contributed by atoms with Gasteiger partial charge in [-0.2, -0.15) is 0 Å². The van der Waals surface area contributed by atoms with Crippen molar-refractivity contribution in [1.82, 2.24) is 16.0 Å². The van der Waals surface area contributed by atoms with Crippen LogP contribution in [0.4, 0.5) is 5.69 Å². The molecule has 0 aliphatic carbocycles. The summed E-state index contributed by atoms with van der Waals surface area (Å²) in [5.74, 6) is 0.737. The van der Waals surface area contributed by atoms with Gasteiger partial charge in [-0.3, -0.25) is 9.79 Å². The second-order valence-corrected chi connectivity index (χ2v) is 7.29. The first-order valence-corrected chi connectivity index (χ1v) is 10.4. The van der Waals surface area contributed by atoms with Crippen molar-refractivity contribution in [2.75, 3.05) is 37.6 Å². The first kappa shape index (κ1) is 20.7. The van der Waals surface area contributed by atoms with Gasteiger partial charge in [0.15, 0.2) is 5.96 Å². The standard InChI is InChI=1S/C23H31N5O/c1-3-24-23(26-15-14-25-22(29)19-7-5-4-6-8-19)27-20-13-16-28(17-20)21-11-9-18(2)10-12-21/h4-12,20H,3,13-17H2,1-2H3,(H,25,29)(H2,24,26,27). The molecule has 0 bridgehead atoms. The van der Waals surface area contributed by atoms with Crippen molar-refractivity contribution in [2.24, 2.45) is 4.99 Å². The second kappa shape index (κ2) is 10.5. The lowest BCUT2D eigenvalue weighted by Gasteiger charge is -2.20. The summed E-state index contributed by atoms with van der Waals surface area (Å²) in [5, 5.41) is 9.74. The highest BCUT2D eigenvalue weighted by Crippen LogP contribution is 2.20. The predicted octanol–water partition coefficient (Wildman–Crippen LogP) is 2.56. The first-order valence-electron chi connectivity index (χ1n) is 10.4. The van der Waals surface area contributed by atoms with Gasteiger partial charge in [0.1, 0.15) is 0 Å². The minimum Gasteiger partial charge on any atom is -0.369 e. The van der Waals surface area contributed by atoms with E-state index in [0.717, 1.165) is 32.0 Å². The fraction of sp³-hybridized carbons (Fsp3) is 0.391. The van der Waals surface area contributed by atoms with E-state index >= 15 is 0 Å². The Morgan fingerprint density at radius 2 is 1.86 bits per heavy atom. The van der Waals surface area contributed by atoms with Gasteiger partial charge in [-0.1, -0.05) is 35.9 Å². The topological polar surface area (TPSA) is 68.8 Å². The smallest absolute Gasteiger partial charge is 0.251 e. The third-order valence-corrected chi connectivity index (χ3v) is 4.98. The van der Waals surface area contributed by atoms with Crippen molar-refractivity contribution in [1.29, 1.82) is 0 Å². The van der Waals surface area contributed by atoms with E-state index in [1.807, 2.05) is 30.3 Å². The Bertz CT molecular complexity index is 804. The number of benzene rings is 2. The van der Waals surface area contributed by atoms with Gasteiger partial charge in [0.2, 0.25) is 0 Å². The SMILES string of the molecule is CCNC(=NCCNC(=O)c1ccccc1)NC1CCN(c2ccc(C)cc2)C1. The van der Waals surface area contributed by atoms with Gasteiger partial charge in [0.25, 0.3) is 5.91 Å². The van der Waals surface area contributed by atoms with Crippen LogP contribution in [0.5, 0.6) is 0 Å². The lowest BCUT2D eigenvalue weighted by molar-refractivity contribution is 0.0955. The normalized spacial score (nSPS) is 16.6. The van der Waals surface area contributed by atoms with E-state index in [-0.39, 0.29) is 5.91 Å².